The van der Waals surface area contributed by atoms with E-state index in [4.69, 9.17) is 19.1 Å². The minimum Gasteiger partial charge on any atom is -0.481 e. The van der Waals surface area contributed by atoms with Crippen molar-refractivity contribution >= 4 is 45.3 Å². The number of cyclic esters (lactones) is 1. The van der Waals surface area contributed by atoms with Crippen LogP contribution in [0.2, 0.25) is 0 Å². The Balaban J connectivity index is 0.000000591. The first-order valence-corrected chi connectivity index (χ1v) is 11.6. The lowest BCUT2D eigenvalue weighted by molar-refractivity contribution is -0.134. The van der Waals surface area contributed by atoms with Crippen LogP contribution in [0, 0.1) is 13.8 Å². The topological polar surface area (TPSA) is 111 Å². The van der Waals surface area contributed by atoms with Crippen LogP contribution in [0.4, 0.5) is 0 Å². The van der Waals surface area contributed by atoms with E-state index >= 15 is 0 Å². The van der Waals surface area contributed by atoms with Crippen LogP contribution in [-0.4, -0.2) is 26.4 Å². The first kappa shape index (κ1) is 22.5. The predicted molar refractivity (Wildman–Crippen MR) is 132 cm³/mol. The molecule has 8 nitrogen and oxygen atoms in total. The first-order chi connectivity index (χ1) is 16.7. The number of aliphatic carboxylic acids is 1. The molecule has 9 heteroatoms. The Kier molecular flexibility index (Phi) is 5.49. The SMILES string of the molecule is CC(=O)O.Cc1cc2nc3s/c(=C/c4ccc(-c5ccc6c(c5)COC6=O)o4)c(=O)n3c2cc1C. The number of hydrogen-bond acceptors (Lipinski definition) is 7. The van der Waals surface area contributed by atoms with Gasteiger partial charge >= 0.3 is 5.97 Å². The van der Waals surface area contributed by atoms with Crippen LogP contribution in [0.1, 0.15) is 39.7 Å². The molecule has 0 aliphatic carbocycles. The standard InChI is InChI=1S/C24H16N2O4S.C2H4O2/c1-12-7-18-19(8-13(12)2)26-22(27)21(31-24(26)25-18)10-16-4-6-20(30-16)14-3-5-17-15(9-14)11-29-23(17)28;1-2(3)4/h3-10H,11H2,1-2H3;1H3,(H,3,4)/b21-10+;. The summed E-state index contributed by atoms with van der Waals surface area (Å²) < 4.78 is 13.3. The number of ether oxygens (including phenoxy) is 1. The van der Waals surface area contributed by atoms with Crippen molar-refractivity contribution in [2.45, 2.75) is 27.4 Å². The predicted octanol–water partition coefficient (Wildman–Crippen LogP) is 4.10. The molecule has 1 aliphatic heterocycles. The fourth-order valence-electron chi connectivity index (χ4n) is 3.92. The summed E-state index contributed by atoms with van der Waals surface area (Å²) in [6, 6.07) is 13.2. The molecule has 1 N–H and O–H groups in total. The molecule has 0 fully saturated rings. The molecule has 0 radical (unpaired) electrons. The van der Waals surface area contributed by atoms with Gasteiger partial charge in [0.2, 0.25) is 0 Å². The van der Waals surface area contributed by atoms with E-state index in [9.17, 15) is 9.59 Å². The maximum Gasteiger partial charge on any atom is 0.338 e. The number of esters is 1. The van der Waals surface area contributed by atoms with Crippen molar-refractivity contribution in [1.29, 1.82) is 0 Å². The first-order valence-electron chi connectivity index (χ1n) is 10.7. The van der Waals surface area contributed by atoms with Crippen LogP contribution in [0.3, 0.4) is 0 Å². The molecule has 2 aromatic carbocycles. The van der Waals surface area contributed by atoms with Crippen LogP contribution in [0.25, 0.3) is 33.4 Å². The number of benzene rings is 2. The monoisotopic (exact) mass is 488 g/mol. The van der Waals surface area contributed by atoms with Gasteiger partial charge in [0.1, 0.15) is 22.7 Å². The second kappa shape index (κ2) is 8.52. The maximum absolute atomic E-state index is 13.1. The molecule has 0 unspecified atom stereocenters. The molecule has 3 aromatic heterocycles. The van der Waals surface area contributed by atoms with Gasteiger partial charge in [0.25, 0.3) is 11.5 Å². The number of fused-ring (bicyclic) bond motifs is 4. The molecule has 0 spiro atoms. The third-order valence-electron chi connectivity index (χ3n) is 5.72. The minimum atomic E-state index is -0.833. The lowest BCUT2D eigenvalue weighted by Crippen LogP contribution is -2.22. The smallest absolute Gasteiger partial charge is 0.338 e. The number of aromatic nitrogens is 2. The molecule has 6 rings (SSSR count). The molecule has 4 heterocycles. The summed E-state index contributed by atoms with van der Waals surface area (Å²) in [5.41, 5.74) is 6.15. The van der Waals surface area contributed by atoms with Gasteiger partial charge < -0.3 is 14.3 Å². The Bertz CT molecular complexity index is 1750. The molecule has 1 aliphatic rings. The van der Waals surface area contributed by atoms with Crippen molar-refractivity contribution in [3.8, 4) is 11.3 Å². The average Bonchev–Trinajstić information content (AvgIpc) is 3.55. The van der Waals surface area contributed by atoms with Gasteiger partial charge in [-0.3, -0.25) is 9.59 Å². The second-order valence-electron chi connectivity index (χ2n) is 8.24. The summed E-state index contributed by atoms with van der Waals surface area (Å²) >= 11 is 1.35. The summed E-state index contributed by atoms with van der Waals surface area (Å²) in [6.45, 7) is 5.44. The summed E-state index contributed by atoms with van der Waals surface area (Å²) in [5.74, 6) is 0.123. The number of furan rings is 1. The fourth-order valence-corrected chi connectivity index (χ4v) is 4.89. The Morgan fingerprint density at radius 3 is 2.63 bits per heavy atom. The highest BCUT2D eigenvalue weighted by atomic mass is 32.1. The second-order valence-corrected chi connectivity index (χ2v) is 9.25. The van der Waals surface area contributed by atoms with Crippen LogP contribution in [-0.2, 0) is 16.1 Å². The highest BCUT2D eigenvalue weighted by Gasteiger charge is 2.21. The van der Waals surface area contributed by atoms with E-state index in [2.05, 4.69) is 4.98 Å². The number of imidazole rings is 1. The van der Waals surface area contributed by atoms with Gasteiger partial charge in [-0.15, -0.1) is 0 Å². The highest BCUT2D eigenvalue weighted by Crippen LogP contribution is 2.28. The van der Waals surface area contributed by atoms with Crippen molar-refractivity contribution in [1.82, 2.24) is 9.38 Å². The van der Waals surface area contributed by atoms with E-state index in [1.54, 1.807) is 16.5 Å². The number of carboxylic acids is 1. The summed E-state index contributed by atoms with van der Waals surface area (Å²) in [6.07, 6.45) is 1.75. The highest BCUT2D eigenvalue weighted by molar-refractivity contribution is 7.15. The molecule has 176 valence electrons. The lowest BCUT2D eigenvalue weighted by atomic mass is 10.0. The average molecular weight is 489 g/mol. The Labute approximate surface area is 202 Å². The number of nitrogens with zero attached hydrogens (tertiary/aromatic N) is 2. The molecule has 0 amide bonds. The number of carboxylic acid groups (broad SMARTS) is 1. The third kappa shape index (κ3) is 4.10. The van der Waals surface area contributed by atoms with Gasteiger partial charge in [0.15, 0.2) is 4.96 Å². The molecular weight excluding hydrogens is 468 g/mol. The zero-order valence-corrected chi connectivity index (χ0v) is 19.9. The van der Waals surface area contributed by atoms with Crippen molar-refractivity contribution in [3.05, 3.63) is 85.4 Å². The number of thiazole rings is 1. The van der Waals surface area contributed by atoms with E-state index in [1.807, 2.05) is 50.2 Å². The molecular formula is C26H20N2O6S. The van der Waals surface area contributed by atoms with Gasteiger partial charge in [-0.1, -0.05) is 17.4 Å². The lowest BCUT2D eigenvalue weighted by Gasteiger charge is -1.99. The van der Waals surface area contributed by atoms with Gasteiger partial charge in [0.05, 0.1) is 16.6 Å². The van der Waals surface area contributed by atoms with Crippen molar-refractivity contribution in [2.75, 3.05) is 0 Å². The largest absolute Gasteiger partial charge is 0.481 e. The van der Waals surface area contributed by atoms with E-state index < -0.39 is 5.97 Å². The number of rotatable bonds is 2. The van der Waals surface area contributed by atoms with Gasteiger partial charge in [0, 0.05) is 24.1 Å². The van der Waals surface area contributed by atoms with Crippen molar-refractivity contribution < 1.29 is 23.8 Å². The Morgan fingerprint density at radius 2 is 1.86 bits per heavy atom. The summed E-state index contributed by atoms with van der Waals surface area (Å²) in [5, 5.41) is 7.42. The Hall–Kier alpha value is -4.24. The van der Waals surface area contributed by atoms with Crippen molar-refractivity contribution in [2.24, 2.45) is 0 Å². The van der Waals surface area contributed by atoms with E-state index in [0.29, 0.717) is 26.6 Å². The minimum absolute atomic E-state index is 0.100. The number of carbonyl (C=O) groups excluding carboxylic acids is 1. The molecule has 35 heavy (non-hydrogen) atoms. The van der Waals surface area contributed by atoms with E-state index in [0.717, 1.165) is 40.2 Å². The normalized spacial score (nSPS) is 13.1. The van der Waals surface area contributed by atoms with Crippen molar-refractivity contribution in [3.63, 3.8) is 0 Å². The molecule has 0 saturated heterocycles. The fraction of sp³-hybridized carbons (Fsp3) is 0.154. The molecule has 0 bridgehead atoms. The summed E-state index contributed by atoms with van der Waals surface area (Å²) in [7, 11) is 0. The molecule has 0 saturated carbocycles. The Morgan fingerprint density at radius 1 is 1.11 bits per heavy atom. The van der Waals surface area contributed by atoms with Crippen LogP contribution in [0.15, 0.2) is 51.7 Å². The van der Waals surface area contributed by atoms with E-state index in [1.165, 1.54) is 11.3 Å². The number of hydrogen-bond donors (Lipinski definition) is 1. The van der Waals surface area contributed by atoms with Crippen LogP contribution >= 0.6 is 11.3 Å². The maximum atomic E-state index is 13.1. The zero-order chi connectivity index (χ0) is 24.9. The van der Waals surface area contributed by atoms with Gasteiger partial charge in [-0.25, -0.2) is 14.2 Å². The number of aryl methyl sites for hydroxylation is 2. The third-order valence-corrected chi connectivity index (χ3v) is 6.69. The molecule has 5 aromatic rings. The van der Waals surface area contributed by atoms with Crippen LogP contribution < -0.4 is 10.1 Å². The number of carbonyl (C=O) groups is 2. The quantitative estimate of drug-likeness (QED) is 0.373. The van der Waals surface area contributed by atoms with Gasteiger partial charge in [-0.05, 0) is 61.4 Å². The zero-order valence-electron chi connectivity index (χ0n) is 19.1. The summed E-state index contributed by atoms with van der Waals surface area (Å²) in [4.78, 5) is 39.0. The molecule has 0 atom stereocenters. The van der Waals surface area contributed by atoms with E-state index in [-0.39, 0.29) is 18.1 Å². The van der Waals surface area contributed by atoms with Gasteiger partial charge in [-0.2, -0.15) is 0 Å². The van der Waals surface area contributed by atoms with Crippen LogP contribution in [0.5, 0.6) is 0 Å².